The van der Waals surface area contributed by atoms with Crippen molar-refractivity contribution >= 4 is 0 Å². The standard InChI is InChI=1S/C18H16N2O2/c1-2-21-15-9-5-3-7-12(15)17-13-8-4-6-10-16(13)22-18(20)14(17)11-19/h3-10,17H,2,20H2,1H3/t17-/m1/s1. The zero-order chi connectivity index (χ0) is 15.5. The van der Waals surface area contributed by atoms with E-state index >= 15 is 0 Å². The van der Waals surface area contributed by atoms with Crippen LogP contribution < -0.4 is 15.2 Å². The Bertz CT molecular complexity index is 775. The molecule has 4 nitrogen and oxygen atoms in total. The van der Waals surface area contributed by atoms with Gasteiger partial charge in [0, 0.05) is 11.1 Å². The monoisotopic (exact) mass is 292 g/mol. The van der Waals surface area contributed by atoms with Gasteiger partial charge in [0.1, 0.15) is 23.1 Å². The van der Waals surface area contributed by atoms with Crippen LogP contribution in [0.4, 0.5) is 0 Å². The molecule has 3 rings (SSSR count). The molecular weight excluding hydrogens is 276 g/mol. The van der Waals surface area contributed by atoms with Crippen molar-refractivity contribution in [3.63, 3.8) is 0 Å². The van der Waals surface area contributed by atoms with Crippen LogP contribution >= 0.6 is 0 Å². The van der Waals surface area contributed by atoms with Gasteiger partial charge in [0.05, 0.1) is 12.5 Å². The van der Waals surface area contributed by atoms with E-state index in [-0.39, 0.29) is 11.8 Å². The Hall–Kier alpha value is -2.93. The lowest BCUT2D eigenvalue weighted by molar-refractivity contribution is 0.334. The van der Waals surface area contributed by atoms with Crippen molar-refractivity contribution in [1.82, 2.24) is 0 Å². The van der Waals surface area contributed by atoms with Crippen molar-refractivity contribution in [2.24, 2.45) is 5.73 Å². The molecule has 4 heteroatoms. The maximum Gasteiger partial charge on any atom is 0.205 e. The van der Waals surface area contributed by atoms with Gasteiger partial charge in [-0.2, -0.15) is 5.26 Å². The number of nitriles is 1. The van der Waals surface area contributed by atoms with Gasteiger partial charge in [-0.25, -0.2) is 0 Å². The summed E-state index contributed by atoms with van der Waals surface area (Å²) in [6.07, 6.45) is 0. The maximum absolute atomic E-state index is 9.53. The maximum atomic E-state index is 9.53. The van der Waals surface area contributed by atoms with E-state index < -0.39 is 0 Å². The number of hydrogen-bond acceptors (Lipinski definition) is 4. The number of rotatable bonds is 3. The number of fused-ring (bicyclic) bond motifs is 1. The normalized spacial score (nSPS) is 16.5. The summed E-state index contributed by atoms with van der Waals surface area (Å²) < 4.78 is 11.3. The molecule has 2 aromatic carbocycles. The van der Waals surface area contributed by atoms with E-state index in [9.17, 15) is 5.26 Å². The largest absolute Gasteiger partial charge is 0.494 e. The molecule has 22 heavy (non-hydrogen) atoms. The first-order chi connectivity index (χ1) is 10.8. The van der Waals surface area contributed by atoms with E-state index in [1.54, 1.807) is 0 Å². The van der Waals surface area contributed by atoms with Gasteiger partial charge in [-0.3, -0.25) is 0 Å². The molecule has 1 aliphatic rings. The fraction of sp³-hybridized carbons (Fsp3) is 0.167. The van der Waals surface area contributed by atoms with Crippen LogP contribution in [0.1, 0.15) is 24.0 Å². The summed E-state index contributed by atoms with van der Waals surface area (Å²) in [5, 5.41) is 9.53. The molecule has 0 amide bonds. The summed E-state index contributed by atoms with van der Waals surface area (Å²) in [5.74, 6) is 1.30. The second kappa shape index (κ2) is 5.82. The van der Waals surface area contributed by atoms with Crippen molar-refractivity contribution in [2.45, 2.75) is 12.8 Å². The Morgan fingerprint density at radius 1 is 1.14 bits per heavy atom. The number of nitrogens with two attached hydrogens (primary N) is 1. The lowest BCUT2D eigenvalue weighted by Crippen LogP contribution is -2.21. The van der Waals surface area contributed by atoms with E-state index in [4.69, 9.17) is 15.2 Å². The minimum Gasteiger partial charge on any atom is -0.494 e. The summed E-state index contributed by atoms with van der Waals surface area (Å²) >= 11 is 0. The molecule has 2 N–H and O–H groups in total. The Balaban J connectivity index is 2.22. The molecular formula is C18H16N2O2. The third kappa shape index (κ3) is 2.27. The first-order valence-electron chi connectivity index (χ1n) is 7.14. The van der Waals surface area contributed by atoms with Crippen LogP contribution in [0.2, 0.25) is 0 Å². The lowest BCUT2D eigenvalue weighted by atomic mass is 9.83. The molecule has 0 saturated carbocycles. The van der Waals surface area contributed by atoms with E-state index in [2.05, 4.69) is 6.07 Å². The second-order valence-corrected chi connectivity index (χ2v) is 4.93. The van der Waals surface area contributed by atoms with Crippen LogP contribution in [0.5, 0.6) is 11.5 Å². The number of benzene rings is 2. The van der Waals surface area contributed by atoms with Crippen LogP contribution in [-0.2, 0) is 0 Å². The van der Waals surface area contributed by atoms with Crippen molar-refractivity contribution in [3.05, 3.63) is 71.1 Å². The number of allylic oxidation sites excluding steroid dienone is 1. The Morgan fingerprint density at radius 3 is 2.55 bits per heavy atom. The van der Waals surface area contributed by atoms with Gasteiger partial charge in [0.25, 0.3) is 0 Å². The van der Waals surface area contributed by atoms with Gasteiger partial charge in [-0.15, -0.1) is 0 Å². The molecule has 0 aliphatic carbocycles. The molecule has 0 fully saturated rings. The smallest absolute Gasteiger partial charge is 0.205 e. The average molecular weight is 292 g/mol. The van der Waals surface area contributed by atoms with Crippen molar-refractivity contribution in [2.75, 3.05) is 6.61 Å². The van der Waals surface area contributed by atoms with Crippen molar-refractivity contribution < 1.29 is 9.47 Å². The first-order valence-corrected chi connectivity index (χ1v) is 7.14. The summed E-state index contributed by atoms with van der Waals surface area (Å²) in [7, 11) is 0. The minimum absolute atomic E-state index is 0.150. The number of nitrogens with zero attached hydrogens (tertiary/aromatic N) is 1. The Labute approximate surface area is 129 Å². The highest BCUT2D eigenvalue weighted by Gasteiger charge is 2.31. The fourth-order valence-electron chi connectivity index (χ4n) is 2.73. The van der Waals surface area contributed by atoms with Gasteiger partial charge < -0.3 is 15.2 Å². The SMILES string of the molecule is CCOc1ccccc1[C@H]1C(C#N)=C(N)Oc2ccccc21. The highest BCUT2D eigenvalue weighted by molar-refractivity contribution is 5.58. The van der Waals surface area contributed by atoms with Gasteiger partial charge >= 0.3 is 0 Å². The number of hydrogen-bond donors (Lipinski definition) is 1. The van der Waals surface area contributed by atoms with Crippen molar-refractivity contribution in [1.29, 1.82) is 5.26 Å². The number of ether oxygens (including phenoxy) is 2. The molecule has 2 aromatic rings. The Morgan fingerprint density at radius 2 is 1.82 bits per heavy atom. The topological polar surface area (TPSA) is 68.3 Å². The molecule has 1 aliphatic heterocycles. The second-order valence-electron chi connectivity index (χ2n) is 4.93. The first kappa shape index (κ1) is 14.0. The molecule has 0 unspecified atom stereocenters. The highest BCUT2D eigenvalue weighted by Crippen LogP contribution is 2.44. The molecule has 1 atom stereocenters. The van der Waals surface area contributed by atoms with Crippen LogP contribution in [0.3, 0.4) is 0 Å². The van der Waals surface area contributed by atoms with Crippen LogP contribution in [-0.4, -0.2) is 6.61 Å². The third-order valence-corrected chi connectivity index (χ3v) is 3.65. The molecule has 0 bridgehead atoms. The molecule has 0 saturated heterocycles. The molecule has 1 heterocycles. The van der Waals surface area contributed by atoms with E-state index in [0.29, 0.717) is 17.9 Å². The molecule has 110 valence electrons. The van der Waals surface area contributed by atoms with Gasteiger partial charge in [0.15, 0.2) is 0 Å². The average Bonchev–Trinajstić information content (AvgIpc) is 2.54. The number of para-hydroxylation sites is 2. The summed E-state index contributed by atoms with van der Waals surface area (Å²) in [5.41, 5.74) is 8.19. The van der Waals surface area contributed by atoms with Gasteiger partial charge in [-0.1, -0.05) is 36.4 Å². The lowest BCUT2D eigenvalue weighted by Gasteiger charge is -2.27. The Kier molecular flexibility index (Phi) is 3.71. The predicted molar refractivity (Wildman–Crippen MR) is 83.4 cm³/mol. The quantitative estimate of drug-likeness (QED) is 0.942. The zero-order valence-corrected chi connectivity index (χ0v) is 12.2. The minimum atomic E-state index is -0.280. The van der Waals surface area contributed by atoms with Gasteiger partial charge in [-0.05, 0) is 19.1 Å². The van der Waals surface area contributed by atoms with Gasteiger partial charge in [0.2, 0.25) is 5.88 Å². The summed E-state index contributed by atoms with van der Waals surface area (Å²) in [6.45, 7) is 2.49. The van der Waals surface area contributed by atoms with E-state index in [1.165, 1.54) is 0 Å². The van der Waals surface area contributed by atoms with Crippen LogP contribution in [0, 0.1) is 11.3 Å². The van der Waals surface area contributed by atoms with E-state index in [0.717, 1.165) is 16.9 Å². The third-order valence-electron chi connectivity index (χ3n) is 3.65. The highest BCUT2D eigenvalue weighted by atomic mass is 16.5. The van der Waals surface area contributed by atoms with Crippen LogP contribution in [0.15, 0.2) is 60.0 Å². The molecule has 0 spiro atoms. The zero-order valence-electron chi connectivity index (χ0n) is 12.2. The molecule has 0 aromatic heterocycles. The fourth-order valence-corrected chi connectivity index (χ4v) is 2.73. The summed E-state index contributed by atoms with van der Waals surface area (Å²) in [6, 6.07) is 17.5. The van der Waals surface area contributed by atoms with E-state index in [1.807, 2.05) is 55.5 Å². The predicted octanol–water partition coefficient (Wildman–Crippen LogP) is 3.30. The molecule has 0 radical (unpaired) electrons. The van der Waals surface area contributed by atoms with Crippen molar-refractivity contribution in [3.8, 4) is 17.6 Å². The summed E-state index contributed by atoms with van der Waals surface area (Å²) in [4.78, 5) is 0. The van der Waals surface area contributed by atoms with Crippen LogP contribution in [0.25, 0.3) is 0 Å².